The van der Waals surface area contributed by atoms with Crippen LogP contribution in [-0.4, -0.2) is 25.9 Å². The first-order chi connectivity index (χ1) is 6.81. The molecule has 2 N–H and O–H groups in total. The number of aromatic nitrogens is 4. The highest BCUT2D eigenvalue weighted by Crippen LogP contribution is 2.03. The van der Waals surface area contributed by atoms with Crippen LogP contribution in [0, 0.1) is 0 Å². The quantitative estimate of drug-likeness (QED) is 0.762. The molecule has 2 aromatic heterocycles. The van der Waals surface area contributed by atoms with Crippen molar-refractivity contribution in [3.8, 4) is 0 Å². The van der Waals surface area contributed by atoms with E-state index in [1.807, 2.05) is 12.1 Å². The summed E-state index contributed by atoms with van der Waals surface area (Å²) in [4.78, 5) is 0. The summed E-state index contributed by atoms with van der Waals surface area (Å²) in [5.41, 5.74) is 6.62. The molecular formula is C9H13N5. The molecule has 5 nitrogen and oxygen atoms in total. The van der Waals surface area contributed by atoms with E-state index in [2.05, 4.69) is 22.2 Å². The van der Waals surface area contributed by atoms with E-state index in [-0.39, 0.29) is 6.04 Å². The van der Waals surface area contributed by atoms with Crippen LogP contribution in [0.1, 0.15) is 19.2 Å². The van der Waals surface area contributed by atoms with Crippen molar-refractivity contribution in [2.24, 2.45) is 5.73 Å². The van der Waals surface area contributed by atoms with E-state index in [4.69, 9.17) is 5.73 Å². The van der Waals surface area contributed by atoms with Gasteiger partial charge in [-0.3, -0.25) is 0 Å². The van der Waals surface area contributed by atoms with Gasteiger partial charge in [-0.05, 0) is 18.6 Å². The SMILES string of the molecule is CCC(N)Cc1nnc2cccnn12. The van der Waals surface area contributed by atoms with Gasteiger partial charge in [0.05, 0.1) is 0 Å². The van der Waals surface area contributed by atoms with Crippen molar-refractivity contribution in [2.45, 2.75) is 25.8 Å². The van der Waals surface area contributed by atoms with E-state index in [0.717, 1.165) is 17.9 Å². The summed E-state index contributed by atoms with van der Waals surface area (Å²) in [7, 11) is 0. The summed E-state index contributed by atoms with van der Waals surface area (Å²) in [6, 6.07) is 3.85. The number of rotatable bonds is 3. The number of hydrogen-bond donors (Lipinski definition) is 1. The second kappa shape index (κ2) is 3.71. The maximum Gasteiger partial charge on any atom is 0.177 e. The summed E-state index contributed by atoms with van der Waals surface area (Å²) in [6.45, 7) is 2.06. The largest absolute Gasteiger partial charge is 0.327 e. The zero-order chi connectivity index (χ0) is 9.97. The van der Waals surface area contributed by atoms with Crippen molar-refractivity contribution in [2.75, 3.05) is 0 Å². The maximum atomic E-state index is 5.85. The van der Waals surface area contributed by atoms with Crippen LogP contribution in [0.15, 0.2) is 18.3 Å². The van der Waals surface area contributed by atoms with E-state index < -0.39 is 0 Å². The minimum absolute atomic E-state index is 0.129. The van der Waals surface area contributed by atoms with Gasteiger partial charge in [-0.2, -0.15) is 9.61 Å². The lowest BCUT2D eigenvalue weighted by Gasteiger charge is -2.05. The Labute approximate surface area is 81.9 Å². The van der Waals surface area contributed by atoms with Crippen molar-refractivity contribution in [1.29, 1.82) is 0 Å². The topological polar surface area (TPSA) is 69.1 Å². The molecule has 1 unspecified atom stereocenters. The highest BCUT2D eigenvalue weighted by molar-refractivity contribution is 5.34. The Hall–Kier alpha value is -1.49. The van der Waals surface area contributed by atoms with E-state index in [0.29, 0.717) is 6.42 Å². The van der Waals surface area contributed by atoms with Gasteiger partial charge in [0.2, 0.25) is 0 Å². The molecule has 0 aromatic carbocycles. The molecule has 74 valence electrons. The van der Waals surface area contributed by atoms with Crippen molar-refractivity contribution in [3.63, 3.8) is 0 Å². The van der Waals surface area contributed by atoms with Crippen molar-refractivity contribution in [3.05, 3.63) is 24.2 Å². The molecule has 1 atom stereocenters. The van der Waals surface area contributed by atoms with E-state index in [1.165, 1.54) is 0 Å². The number of nitrogens with zero attached hydrogens (tertiary/aromatic N) is 4. The van der Waals surface area contributed by atoms with Crippen LogP contribution in [0.4, 0.5) is 0 Å². The minimum atomic E-state index is 0.129. The van der Waals surface area contributed by atoms with Gasteiger partial charge < -0.3 is 5.73 Å². The van der Waals surface area contributed by atoms with Crippen LogP contribution in [0.25, 0.3) is 5.65 Å². The molecule has 0 aliphatic rings. The standard InChI is InChI=1S/C9H13N5/c1-2-7(10)6-9-13-12-8-4-3-5-11-14(8)9/h3-5,7H,2,6,10H2,1H3. The fraction of sp³-hybridized carbons (Fsp3) is 0.444. The zero-order valence-electron chi connectivity index (χ0n) is 8.09. The Morgan fingerprint density at radius 3 is 3.14 bits per heavy atom. The number of hydrogen-bond acceptors (Lipinski definition) is 4. The molecule has 0 radical (unpaired) electrons. The average molecular weight is 191 g/mol. The Morgan fingerprint density at radius 2 is 2.36 bits per heavy atom. The lowest BCUT2D eigenvalue weighted by molar-refractivity contribution is 0.611. The van der Waals surface area contributed by atoms with Gasteiger partial charge in [-0.15, -0.1) is 10.2 Å². The summed E-state index contributed by atoms with van der Waals surface area (Å²) in [5.74, 6) is 0.829. The summed E-state index contributed by atoms with van der Waals surface area (Å²) < 4.78 is 1.73. The highest BCUT2D eigenvalue weighted by Gasteiger charge is 2.08. The molecule has 0 spiro atoms. The van der Waals surface area contributed by atoms with Gasteiger partial charge in [0.25, 0.3) is 0 Å². The molecule has 2 aromatic rings. The molecular weight excluding hydrogens is 178 g/mol. The second-order valence-corrected chi connectivity index (χ2v) is 3.28. The minimum Gasteiger partial charge on any atom is -0.327 e. The van der Waals surface area contributed by atoms with Crippen LogP contribution in [0.2, 0.25) is 0 Å². The number of fused-ring (bicyclic) bond motifs is 1. The summed E-state index contributed by atoms with van der Waals surface area (Å²) in [6.07, 6.45) is 3.37. The van der Waals surface area contributed by atoms with Crippen LogP contribution >= 0.6 is 0 Å². The van der Waals surface area contributed by atoms with Crippen molar-refractivity contribution >= 4 is 5.65 Å². The van der Waals surface area contributed by atoms with E-state index in [9.17, 15) is 0 Å². The lowest BCUT2D eigenvalue weighted by atomic mass is 10.2. The Balaban J connectivity index is 2.33. The fourth-order valence-corrected chi connectivity index (χ4v) is 1.30. The van der Waals surface area contributed by atoms with Crippen molar-refractivity contribution < 1.29 is 0 Å². The first-order valence-corrected chi connectivity index (χ1v) is 4.72. The molecule has 0 aliphatic heterocycles. The first-order valence-electron chi connectivity index (χ1n) is 4.72. The van der Waals surface area contributed by atoms with Gasteiger partial charge in [-0.25, -0.2) is 0 Å². The lowest BCUT2D eigenvalue weighted by Crippen LogP contribution is -2.23. The van der Waals surface area contributed by atoms with Gasteiger partial charge in [0.15, 0.2) is 11.5 Å². The molecule has 2 heterocycles. The summed E-state index contributed by atoms with van der Waals surface area (Å²) >= 11 is 0. The molecule has 2 rings (SSSR count). The number of nitrogens with two attached hydrogens (primary N) is 1. The monoisotopic (exact) mass is 191 g/mol. The predicted octanol–water partition coefficient (Wildman–Crippen LogP) is 0.404. The third-order valence-electron chi connectivity index (χ3n) is 2.21. The van der Waals surface area contributed by atoms with E-state index >= 15 is 0 Å². The molecule has 0 aliphatic carbocycles. The highest BCUT2D eigenvalue weighted by atomic mass is 15.4. The van der Waals surface area contributed by atoms with Crippen LogP contribution in [0.3, 0.4) is 0 Å². The molecule has 0 saturated carbocycles. The normalized spacial score (nSPS) is 13.3. The molecule has 14 heavy (non-hydrogen) atoms. The second-order valence-electron chi connectivity index (χ2n) is 3.28. The molecule has 0 fully saturated rings. The predicted molar refractivity (Wildman–Crippen MR) is 52.8 cm³/mol. The Kier molecular flexibility index (Phi) is 2.41. The Morgan fingerprint density at radius 1 is 1.50 bits per heavy atom. The fourth-order valence-electron chi connectivity index (χ4n) is 1.30. The van der Waals surface area contributed by atoms with Gasteiger partial charge in [0, 0.05) is 18.7 Å². The summed E-state index contributed by atoms with van der Waals surface area (Å²) in [5, 5.41) is 12.2. The molecule has 0 saturated heterocycles. The third-order valence-corrected chi connectivity index (χ3v) is 2.21. The molecule has 0 bridgehead atoms. The zero-order valence-corrected chi connectivity index (χ0v) is 8.09. The molecule has 5 heteroatoms. The average Bonchev–Trinajstić information content (AvgIpc) is 2.62. The Bertz CT molecular complexity index is 422. The van der Waals surface area contributed by atoms with Gasteiger partial charge >= 0.3 is 0 Å². The third kappa shape index (κ3) is 1.58. The maximum absolute atomic E-state index is 5.85. The van der Waals surface area contributed by atoms with Crippen molar-refractivity contribution in [1.82, 2.24) is 19.8 Å². The smallest absolute Gasteiger partial charge is 0.177 e. The molecule has 0 amide bonds. The van der Waals surface area contributed by atoms with Gasteiger partial charge in [-0.1, -0.05) is 6.92 Å². The van der Waals surface area contributed by atoms with Crippen LogP contribution in [0.5, 0.6) is 0 Å². The van der Waals surface area contributed by atoms with E-state index in [1.54, 1.807) is 10.7 Å². The van der Waals surface area contributed by atoms with Crippen LogP contribution in [-0.2, 0) is 6.42 Å². The first kappa shape index (κ1) is 9.08. The van der Waals surface area contributed by atoms with Crippen LogP contribution < -0.4 is 5.73 Å². The van der Waals surface area contributed by atoms with Gasteiger partial charge in [0.1, 0.15) is 0 Å².